The predicted octanol–water partition coefficient (Wildman–Crippen LogP) is 3.00. The number of tetrazole rings is 1. The summed E-state index contributed by atoms with van der Waals surface area (Å²) in [5.74, 6) is -0.0818. The van der Waals surface area contributed by atoms with Crippen molar-refractivity contribution >= 4 is 11.8 Å². The zero-order valence-corrected chi connectivity index (χ0v) is 22.6. The van der Waals surface area contributed by atoms with E-state index >= 15 is 0 Å². The number of hydrogen-bond acceptors (Lipinski definition) is 7. The monoisotopic (exact) mass is 532 g/mol. The average molecular weight is 533 g/mol. The average Bonchev–Trinajstić information content (AvgIpc) is 3.72. The van der Waals surface area contributed by atoms with Gasteiger partial charge in [-0.05, 0) is 50.3 Å². The van der Waals surface area contributed by atoms with E-state index in [4.69, 9.17) is 9.47 Å². The second-order valence-corrected chi connectivity index (χ2v) is 10.4. The molecule has 1 N–H and O–H groups in total. The summed E-state index contributed by atoms with van der Waals surface area (Å²) < 4.78 is 11.6. The maximum absolute atomic E-state index is 13.9. The molecule has 2 aliphatic rings. The topological polar surface area (TPSA) is 111 Å². The van der Waals surface area contributed by atoms with Gasteiger partial charge in [0.15, 0.2) is 0 Å². The van der Waals surface area contributed by atoms with Crippen LogP contribution in [0.2, 0.25) is 0 Å². The minimum absolute atomic E-state index is 0.00511. The quantitative estimate of drug-likeness (QED) is 0.427. The van der Waals surface area contributed by atoms with Gasteiger partial charge in [-0.2, -0.15) is 4.80 Å². The second kappa shape index (κ2) is 12.5. The standard InChI is InChI=1S/C29H36N6O4/c1-20-7-11-22(12-8-20)27(29(37)30-17-24-5-3-15-38-24)34(18-25-6-4-16-39-25)26(36)19-35-32-28(31-33-35)23-13-9-21(2)10-14-23/h7-14,24-25,27H,3-6,15-19H2,1-2H3,(H,30,37)/t24-,25+,27-/m0/s1. The van der Waals surface area contributed by atoms with Gasteiger partial charge in [0.25, 0.3) is 0 Å². The van der Waals surface area contributed by atoms with Crippen LogP contribution in [0, 0.1) is 13.8 Å². The summed E-state index contributed by atoms with van der Waals surface area (Å²) in [5.41, 5.74) is 3.76. The van der Waals surface area contributed by atoms with E-state index in [0.717, 1.165) is 47.9 Å². The minimum Gasteiger partial charge on any atom is -0.376 e. The Labute approximate surface area is 228 Å². The Kier molecular flexibility index (Phi) is 8.63. The van der Waals surface area contributed by atoms with E-state index < -0.39 is 6.04 Å². The third-order valence-corrected chi connectivity index (χ3v) is 7.27. The Morgan fingerprint density at radius 1 is 0.974 bits per heavy atom. The third kappa shape index (κ3) is 6.88. The summed E-state index contributed by atoms with van der Waals surface area (Å²) >= 11 is 0. The normalized spacial score (nSPS) is 19.6. The van der Waals surface area contributed by atoms with Gasteiger partial charge in [0.05, 0.1) is 12.2 Å². The fraction of sp³-hybridized carbons (Fsp3) is 0.483. The van der Waals surface area contributed by atoms with Crippen molar-refractivity contribution in [2.45, 2.75) is 64.3 Å². The molecule has 1 aromatic heterocycles. The largest absolute Gasteiger partial charge is 0.376 e. The van der Waals surface area contributed by atoms with Crippen molar-refractivity contribution in [2.75, 3.05) is 26.3 Å². The molecule has 3 atom stereocenters. The molecule has 2 saturated heterocycles. The molecule has 206 valence electrons. The number of rotatable bonds is 10. The van der Waals surface area contributed by atoms with Crippen LogP contribution < -0.4 is 5.32 Å². The van der Waals surface area contributed by atoms with E-state index in [1.807, 2.05) is 62.4 Å². The highest BCUT2D eigenvalue weighted by atomic mass is 16.5. The lowest BCUT2D eigenvalue weighted by atomic mass is 10.0. The first-order chi connectivity index (χ1) is 19.0. The zero-order valence-electron chi connectivity index (χ0n) is 22.6. The lowest BCUT2D eigenvalue weighted by Gasteiger charge is -2.33. The van der Waals surface area contributed by atoms with E-state index in [2.05, 4.69) is 20.7 Å². The summed E-state index contributed by atoms with van der Waals surface area (Å²) in [6.07, 6.45) is 3.52. The van der Waals surface area contributed by atoms with Crippen LogP contribution in [0.5, 0.6) is 0 Å². The van der Waals surface area contributed by atoms with Crippen LogP contribution in [0.3, 0.4) is 0 Å². The number of nitrogens with one attached hydrogen (secondary N) is 1. The van der Waals surface area contributed by atoms with Crippen molar-refractivity contribution in [1.82, 2.24) is 30.4 Å². The number of hydrogen-bond donors (Lipinski definition) is 1. The molecule has 0 spiro atoms. The highest BCUT2D eigenvalue weighted by Gasteiger charge is 2.35. The zero-order chi connectivity index (χ0) is 27.2. The van der Waals surface area contributed by atoms with Crippen molar-refractivity contribution in [3.63, 3.8) is 0 Å². The van der Waals surface area contributed by atoms with Gasteiger partial charge in [0.2, 0.25) is 17.6 Å². The highest BCUT2D eigenvalue weighted by Crippen LogP contribution is 2.26. The molecule has 2 aromatic carbocycles. The van der Waals surface area contributed by atoms with Gasteiger partial charge in [-0.25, -0.2) is 0 Å². The Bertz CT molecular complexity index is 1250. The molecule has 5 rings (SSSR count). The molecule has 0 bridgehead atoms. The summed E-state index contributed by atoms with van der Waals surface area (Å²) in [6, 6.07) is 14.7. The fourth-order valence-electron chi connectivity index (χ4n) is 5.04. The number of amides is 2. The number of carbonyl (C=O) groups excluding carboxylic acids is 2. The minimum atomic E-state index is -0.830. The van der Waals surface area contributed by atoms with E-state index in [1.165, 1.54) is 4.80 Å². The van der Waals surface area contributed by atoms with E-state index in [0.29, 0.717) is 32.1 Å². The maximum atomic E-state index is 13.9. The number of carbonyl (C=O) groups is 2. The fourth-order valence-corrected chi connectivity index (χ4v) is 5.04. The molecule has 2 amide bonds. The van der Waals surface area contributed by atoms with Crippen molar-refractivity contribution in [2.24, 2.45) is 0 Å². The molecule has 3 aromatic rings. The van der Waals surface area contributed by atoms with Gasteiger partial charge in [0.1, 0.15) is 12.6 Å². The number of aryl methyl sites for hydroxylation is 2. The molecular weight excluding hydrogens is 496 g/mol. The van der Waals surface area contributed by atoms with Crippen molar-refractivity contribution in [1.29, 1.82) is 0 Å². The van der Waals surface area contributed by atoms with Gasteiger partial charge in [-0.15, -0.1) is 10.2 Å². The Morgan fingerprint density at radius 3 is 2.26 bits per heavy atom. The molecule has 0 saturated carbocycles. The summed E-state index contributed by atoms with van der Waals surface area (Å²) in [6.45, 7) is 5.92. The lowest BCUT2D eigenvalue weighted by molar-refractivity contribution is -0.143. The van der Waals surface area contributed by atoms with E-state index in [1.54, 1.807) is 4.90 Å². The Hall–Kier alpha value is -3.63. The smallest absolute Gasteiger partial charge is 0.247 e. The van der Waals surface area contributed by atoms with Crippen LogP contribution in [-0.4, -0.2) is 75.4 Å². The molecule has 0 radical (unpaired) electrons. The van der Waals surface area contributed by atoms with Gasteiger partial charge in [0, 0.05) is 31.9 Å². The molecule has 0 aliphatic carbocycles. The van der Waals surface area contributed by atoms with Crippen molar-refractivity contribution in [3.8, 4) is 11.4 Å². The molecule has 2 aliphatic heterocycles. The van der Waals surface area contributed by atoms with Crippen LogP contribution >= 0.6 is 0 Å². The van der Waals surface area contributed by atoms with Crippen LogP contribution in [-0.2, 0) is 25.6 Å². The molecule has 3 heterocycles. The number of aromatic nitrogens is 4. The van der Waals surface area contributed by atoms with Crippen molar-refractivity contribution < 1.29 is 19.1 Å². The number of nitrogens with zero attached hydrogens (tertiary/aromatic N) is 5. The van der Waals surface area contributed by atoms with Crippen LogP contribution in [0.15, 0.2) is 48.5 Å². The van der Waals surface area contributed by atoms with Gasteiger partial charge >= 0.3 is 0 Å². The molecular formula is C29H36N6O4. The summed E-state index contributed by atoms with van der Waals surface area (Å²) in [7, 11) is 0. The Balaban J connectivity index is 1.40. The van der Waals surface area contributed by atoms with Gasteiger partial charge in [-0.1, -0.05) is 59.7 Å². The Morgan fingerprint density at radius 2 is 1.62 bits per heavy atom. The number of benzene rings is 2. The first-order valence-electron chi connectivity index (χ1n) is 13.7. The lowest BCUT2D eigenvalue weighted by Crippen LogP contribution is -2.48. The molecule has 0 unspecified atom stereocenters. The number of ether oxygens (including phenoxy) is 2. The second-order valence-electron chi connectivity index (χ2n) is 10.4. The third-order valence-electron chi connectivity index (χ3n) is 7.27. The van der Waals surface area contributed by atoms with Crippen LogP contribution in [0.25, 0.3) is 11.4 Å². The first kappa shape index (κ1) is 27.0. The molecule has 10 nitrogen and oxygen atoms in total. The van der Waals surface area contributed by atoms with Gasteiger partial charge in [-0.3, -0.25) is 9.59 Å². The SMILES string of the molecule is Cc1ccc(-c2nnn(CC(=O)N(C[C@H]3CCCO3)[C@H](C(=O)NC[C@@H]3CCCO3)c3ccc(C)cc3)n2)cc1. The first-order valence-corrected chi connectivity index (χ1v) is 13.7. The van der Waals surface area contributed by atoms with E-state index in [-0.39, 0.29) is 30.6 Å². The van der Waals surface area contributed by atoms with Gasteiger partial charge < -0.3 is 19.7 Å². The van der Waals surface area contributed by atoms with E-state index in [9.17, 15) is 9.59 Å². The highest BCUT2D eigenvalue weighted by molar-refractivity contribution is 5.88. The molecule has 10 heteroatoms. The molecule has 39 heavy (non-hydrogen) atoms. The van der Waals surface area contributed by atoms with Crippen LogP contribution in [0.1, 0.15) is 48.4 Å². The van der Waals surface area contributed by atoms with Crippen molar-refractivity contribution in [3.05, 3.63) is 65.2 Å². The van der Waals surface area contributed by atoms with Crippen LogP contribution in [0.4, 0.5) is 0 Å². The maximum Gasteiger partial charge on any atom is 0.247 e. The molecule has 2 fully saturated rings. The summed E-state index contributed by atoms with van der Waals surface area (Å²) in [4.78, 5) is 30.5. The predicted molar refractivity (Wildman–Crippen MR) is 145 cm³/mol. The summed E-state index contributed by atoms with van der Waals surface area (Å²) in [5, 5.41) is 15.8.